The van der Waals surface area contributed by atoms with Crippen LogP contribution in [0.15, 0.2) is 47.5 Å². The third-order valence-electron chi connectivity index (χ3n) is 4.30. The lowest BCUT2D eigenvalue weighted by atomic mass is 10.2. The maximum atomic E-state index is 12.6. The number of pyridine rings is 1. The van der Waals surface area contributed by atoms with Gasteiger partial charge in [-0.15, -0.1) is 0 Å². The van der Waals surface area contributed by atoms with Crippen LogP contribution in [0.2, 0.25) is 0 Å². The summed E-state index contributed by atoms with van der Waals surface area (Å²) in [6, 6.07) is 9.02. The highest BCUT2D eigenvalue weighted by atomic mass is 32.2. The maximum Gasteiger partial charge on any atom is 0.406 e. The fourth-order valence-electron chi connectivity index (χ4n) is 2.74. The Morgan fingerprint density at radius 3 is 2.60 bits per heavy atom. The standard InChI is InChI=1S/C18H20N4O7S/c23-17(13-29-16-2-1-7-19-18(16)22(24)25)20-12-14-3-5-15(6-4-14)30(26,27)21-8-10-28-11-9-21/h1-7H,8-13H2,(H,20,23). The molecule has 1 aromatic carbocycles. The number of amides is 1. The topological polar surface area (TPSA) is 141 Å². The van der Waals surface area contributed by atoms with Gasteiger partial charge < -0.3 is 24.9 Å². The molecule has 1 aromatic heterocycles. The van der Waals surface area contributed by atoms with E-state index in [0.717, 1.165) is 0 Å². The number of nitro groups is 1. The van der Waals surface area contributed by atoms with Gasteiger partial charge in [0.2, 0.25) is 15.8 Å². The van der Waals surface area contributed by atoms with Gasteiger partial charge in [0, 0.05) is 19.6 Å². The quantitative estimate of drug-likeness (QED) is 0.471. The molecule has 0 aliphatic carbocycles. The summed E-state index contributed by atoms with van der Waals surface area (Å²) in [5.74, 6) is -1.06. The third kappa shape index (κ3) is 5.28. The highest BCUT2D eigenvalue weighted by molar-refractivity contribution is 7.89. The minimum absolute atomic E-state index is 0.102. The first-order valence-corrected chi connectivity index (χ1v) is 10.5. The Labute approximate surface area is 172 Å². The first kappa shape index (κ1) is 21.6. The summed E-state index contributed by atoms with van der Waals surface area (Å²) in [6.07, 6.45) is 1.26. The molecule has 1 fully saturated rings. The van der Waals surface area contributed by atoms with Crippen LogP contribution in [0.3, 0.4) is 0 Å². The van der Waals surface area contributed by atoms with Gasteiger partial charge in [-0.2, -0.15) is 4.31 Å². The molecule has 160 valence electrons. The first-order chi connectivity index (χ1) is 14.4. The molecule has 1 saturated heterocycles. The Balaban J connectivity index is 1.52. The molecule has 2 heterocycles. The summed E-state index contributed by atoms with van der Waals surface area (Å²) >= 11 is 0. The van der Waals surface area contributed by atoms with Gasteiger partial charge in [0.05, 0.1) is 18.1 Å². The number of hydrogen-bond donors (Lipinski definition) is 1. The summed E-state index contributed by atoms with van der Waals surface area (Å²) in [5.41, 5.74) is 0.691. The summed E-state index contributed by atoms with van der Waals surface area (Å²) in [5, 5.41) is 13.5. The second-order valence-electron chi connectivity index (χ2n) is 6.31. The monoisotopic (exact) mass is 436 g/mol. The number of carbonyl (C=O) groups excluding carboxylic acids is 1. The van der Waals surface area contributed by atoms with Gasteiger partial charge in [-0.3, -0.25) is 4.79 Å². The highest BCUT2D eigenvalue weighted by Gasteiger charge is 2.26. The minimum atomic E-state index is -3.58. The zero-order chi connectivity index (χ0) is 21.6. The Hall–Kier alpha value is -3.09. The lowest BCUT2D eigenvalue weighted by molar-refractivity contribution is -0.390. The van der Waals surface area contributed by atoms with Crippen molar-refractivity contribution in [3.05, 3.63) is 58.3 Å². The van der Waals surface area contributed by atoms with E-state index in [4.69, 9.17) is 9.47 Å². The third-order valence-corrected chi connectivity index (χ3v) is 6.22. The molecule has 0 bridgehead atoms. The number of nitrogens with one attached hydrogen (secondary N) is 1. The van der Waals surface area contributed by atoms with Crippen LogP contribution in [0.4, 0.5) is 5.82 Å². The van der Waals surface area contributed by atoms with Gasteiger partial charge in [-0.1, -0.05) is 12.1 Å². The van der Waals surface area contributed by atoms with Crippen LogP contribution in [0.1, 0.15) is 5.56 Å². The van der Waals surface area contributed by atoms with Gasteiger partial charge >= 0.3 is 5.82 Å². The van der Waals surface area contributed by atoms with E-state index < -0.39 is 33.3 Å². The Morgan fingerprint density at radius 2 is 1.93 bits per heavy atom. The van der Waals surface area contributed by atoms with Crippen molar-refractivity contribution in [3.8, 4) is 5.75 Å². The van der Waals surface area contributed by atoms with E-state index in [1.54, 1.807) is 12.1 Å². The van der Waals surface area contributed by atoms with Crippen molar-refractivity contribution in [2.75, 3.05) is 32.9 Å². The average Bonchev–Trinajstić information content (AvgIpc) is 2.77. The fraction of sp³-hybridized carbons (Fsp3) is 0.333. The Bertz CT molecular complexity index is 1010. The van der Waals surface area contributed by atoms with Crippen LogP contribution in [0.25, 0.3) is 0 Å². The molecule has 0 radical (unpaired) electrons. The molecule has 0 atom stereocenters. The molecule has 0 saturated carbocycles. The number of rotatable bonds is 8. The molecule has 11 nitrogen and oxygen atoms in total. The molecule has 12 heteroatoms. The van der Waals surface area contributed by atoms with Crippen LogP contribution in [-0.4, -0.2) is 61.4 Å². The number of nitrogens with zero attached hydrogens (tertiary/aromatic N) is 3. The summed E-state index contributed by atoms with van der Waals surface area (Å²) in [4.78, 5) is 25.9. The second-order valence-corrected chi connectivity index (χ2v) is 8.25. The van der Waals surface area contributed by atoms with Crippen LogP contribution >= 0.6 is 0 Å². The zero-order valence-corrected chi connectivity index (χ0v) is 16.7. The lowest BCUT2D eigenvalue weighted by Crippen LogP contribution is -2.40. The molecule has 1 aliphatic heterocycles. The predicted octanol–water partition coefficient (Wildman–Crippen LogP) is 0.706. The van der Waals surface area contributed by atoms with E-state index in [-0.39, 0.29) is 17.2 Å². The number of ether oxygens (including phenoxy) is 2. The van der Waals surface area contributed by atoms with Crippen molar-refractivity contribution in [2.45, 2.75) is 11.4 Å². The van der Waals surface area contributed by atoms with Crippen molar-refractivity contribution >= 4 is 21.7 Å². The number of benzene rings is 1. The zero-order valence-electron chi connectivity index (χ0n) is 15.9. The number of sulfonamides is 1. The summed E-state index contributed by atoms with van der Waals surface area (Å²) < 4.78 is 36.9. The number of hydrogen-bond acceptors (Lipinski definition) is 8. The highest BCUT2D eigenvalue weighted by Crippen LogP contribution is 2.22. The number of morpholine rings is 1. The van der Waals surface area contributed by atoms with Gasteiger partial charge in [0.25, 0.3) is 5.91 Å². The second kappa shape index (κ2) is 9.61. The predicted molar refractivity (Wildman–Crippen MR) is 104 cm³/mol. The van der Waals surface area contributed by atoms with E-state index >= 15 is 0 Å². The Kier molecular flexibility index (Phi) is 6.92. The van der Waals surface area contributed by atoms with Crippen LogP contribution in [0, 0.1) is 10.1 Å². The molecule has 1 amide bonds. The smallest absolute Gasteiger partial charge is 0.406 e. The van der Waals surface area contributed by atoms with Crippen molar-refractivity contribution < 1.29 is 27.6 Å². The molecular formula is C18H20N4O7S. The fourth-order valence-corrected chi connectivity index (χ4v) is 4.15. The summed E-state index contributed by atoms with van der Waals surface area (Å²) in [7, 11) is -3.58. The van der Waals surface area contributed by atoms with E-state index in [1.165, 1.54) is 34.8 Å². The molecule has 3 rings (SSSR count). The van der Waals surface area contributed by atoms with Crippen molar-refractivity contribution in [1.29, 1.82) is 0 Å². The van der Waals surface area contributed by atoms with E-state index in [0.29, 0.717) is 31.9 Å². The molecule has 0 unspecified atom stereocenters. The van der Waals surface area contributed by atoms with Gasteiger partial charge in [-0.05, 0) is 39.7 Å². The van der Waals surface area contributed by atoms with Crippen molar-refractivity contribution in [1.82, 2.24) is 14.6 Å². The average molecular weight is 436 g/mol. The molecule has 1 N–H and O–H groups in total. The van der Waals surface area contributed by atoms with E-state index in [2.05, 4.69) is 10.3 Å². The molecule has 0 spiro atoms. The van der Waals surface area contributed by atoms with Gasteiger partial charge in [0.15, 0.2) is 6.61 Å². The summed E-state index contributed by atoms with van der Waals surface area (Å²) in [6.45, 7) is 1.09. The Morgan fingerprint density at radius 1 is 1.23 bits per heavy atom. The van der Waals surface area contributed by atoms with Crippen molar-refractivity contribution in [3.63, 3.8) is 0 Å². The molecule has 2 aromatic rings. The van der Waals surface area contributed by atoms with Crippen LogP contribution < -0.4 is 10.1 Å². The molecule has 1 aliphatic rings. The molecular weight excluding hydrogens is 416 g/mol. The number of carbonyl (C=O) groups is 1. The van der Waals surface area contributed by atoms with Crippen molar-refractivity contribution in [2.24, 2.45) is 0 Å². The maximum absolute atomic E-state index is 12.6. The normalized spacial score (nSPS) is 14.8. The van der Waals surface area contributed by atoms with E-state index in [1.807, 2.05) is 0 Å². The molecule has 30 heavy (non-hydrogen) atoms. The minimum Gasteiger partial charge on any atom is -0.476 e. The van der Waals surface area contributed by atoms with Crippen LogP contribution in [-0.2, 0) is 26.1 Å². The number of aromatic nitrogens is 1. The lowest BCUT2D eigenvalue weighted by Gasteiger charge is -2.26. The SMILES string of the molecule is O=C(COc1cccnc1[N+](=O)[O-])NCc1ccc(S(=O)(=O)N2CCOCC2)cc1. The van der Waals surface area contributed by atoms with E-state index in [9.17, 15) is 23.3 Å². The van der Waals surface area contributed by atoms with Gasteiger partial charge in [-0.25, -0.2) is 8.42 Å². The first-order valence-electron chi connectivity index (χ1n) is 9.03. The van der Waals surface area contributed by atoms with Gasteiger partial charge in [0.1, 0.15) is 6.20 Å². The largest absolute Gasteiger partial charge is 0.476 e. The van der Waals surface area contributed by atoms with Crippen LogP contribution in [0.5, 0.6) is 5.75 Å².